The minimum Gasteiger partial charge on any atom is -0.353 e. The van der Waals surface area contributed by atoms with Gasteiger partial charge in [-0.2, -0.15) is 0 Å². The fraction of sp³-hybridized carbons (Fsp3) is 0.421. The maximum absolute atomic E-state index is 12.2. The Labute approximate surface area is 148 Å². The maximum Gasteiger partial charge on any atom is 0.271 e. The standard InChI is InChI=1S/C19H25N5O/c1-23-12-14-24(15-13-23)18-10-9-17(21-22-18)19(25)20-11-5-8-16-6-3-2-4-7-16/h2-4,6-7,9-10H,5,8,11-15H2,1H3,(H,20,25). The summed E-state index contributed by atoms with van der Waals surface area (Å²) in [4.78, 5) is 16.6. The summed E-state index contributed by atoms with van der Waals surface area (Å²) in [5.41, 5.74) is 1.66. The van der Waals surface area contributed by atoms with Crippen molar-refractivity contribution in [1.29, 1.82) is 0 Å². The minimum absolute atomic E-state index is 0.162. The van der Waals surface area contributed by atoms with E-state index in [2.05, 4.69) is 44.5 Å². The summed E-state index contributed by atoms with van der Waals surface area (Å²) in [5, 5.41) is 11.2. The number of aromatic nitrogens is 2. The summed E-state index contributed by atoms with van der Waals surface area (Å²) in [6, 6.07) is 13.9. The van der Waals surface area contributed by atoms with Crippen molar-refractivity contribution in [2.75, 3.05) is 44.7 Å². The second-order valence-electron chi connectivity index (χ2n) is 6.41. The normalized spacial score (nSPS) is 15.2. The second kappa shape index (κ2) is 8.58. The molecule has 3 rings (SSSR count). The molecular weight excluding hydrogens is 314 g/mol. The molecular formula is C19H25N5O. The molecule has 1 N–H and O–H groups in total. The van der Waals surface area contributed by atoms with Crippen LogP contribution >= 0.6 is 0 Å². The summed E-state index contributed by atoms with van der Waals surface area (Å²) in [6.07, 6.45) is 1.86. The highest BCUT2D eigenvalue weighted by Crippen LogP contribution is 2.12. The van der Waals surface area contributed by atoms with Gasteiger partial charge in [0.2, 0.25) is 0 Å². The first-order chi connectivity index (χ1) is 12.2. The Balaban J connectivity index is 1.44. The summed E-state index contributed by atoms with van der Waals surface area (Å²) in [7, 11) is 2.12. The van der Waals surface area contributed by atoms with Gasteiger partial charge in [0.15, 0.2) is 11.5 Å². The number of hydrogen-bond donors (Lipinski definition) is 1. The van der Waals surface area contributed by atoms with Crippen LogP contribution in [0.3, 0.4) is 0 Å². The molecule has 1 aliphatic heterocycles. The Morgan fingerprint density at radius 2 is 1.80 bits per heavy atom. The number of nitrogens with zero attached hydrogens (tertiary/aromatic N) is 4. The minimum atomic E-state index is -0.162. The summed E-state index contributed by atoms with van der Waals surface area (Å²) in [6.45, 7) is 4.55. The molecule has 0 aliphatic carbocycles. The van der Waals surface area contributed by atoms with Crippen LogP contribution in [0.25, 0.3) is 0 Å². The molecule has 6 nitrogen and oxygen atoms in total. The van der Waals surface area contributed by atoms with Crippen molar-refractivity contribution in [2.24, 2.45) is 0 Å². The largest absolute Gasteiger partial charge is 0.353 e. The Hall–Kier alpha value is -2.47. The first kappa shape index (κ1) is 17.4. The van der Waals surface area contributed by atoms with Crippen molar-refractivity contribution < 1.29 is 4.79 Å². The van der Waals surface area contributed by atoms with E-state index in [1.54, 1.807) is 6.07 Å². The van der Waals surface area contributed by atoms with Gasteiger partial charge in [0.1, 0.15) is 0 Å². The molecule has 1 saturated heterocycles. The Morgan fingerprint density at radius 1 is 1.04 bits per heavy atom. The molecule has 25 heavy (non-hydrogen) atoms. The lowest BCUT2D eigenvalue weighted by molar-refractivity contribution is 0.0947. The molecule has 0 unspecified atom stereocenters. The second-order valence-corrected chi connectivity index (χ2v) is 6.41. The molecule has 0 radical (unpaired) electrons. The Kier molecular flexibility index (Phi) is 5.95. The molecule has 1 aromatic heterocycles. The average Bonchev–Trinajstić information content (AvgIpc) is 2.67. The highest BCUT2D eigenvalue weighted by atomic mass is 16.1. The summed E-state index contributed by atoms with van der Waals surface area (Å²) >= 11 is 0. The molecule has 0 bridgehead atoms. The predicted octanol–water partition coefficient (Wildman–Crippen LogP) is 1.59. The fourth-order valence-electron chi connectivity index (χ4n) is 2.88. The van der Waals surface area contributed by atoms with Gasteiger partial charge in [-0.25, -0.2) is 0 Å². The zero-order valence-corrected chi connectivity index (χ0v) is 14.7. The van der Waals surface area contributed by atoms with Crippen molar-refractivity contribution in [2.45, 2.75) is 12.8 Å². The third-order valence-corrected chi connectivity index (χ3v) is 4.48. The van der Waals surface area contributed by atoms with E-state index in [1.165, 1.54) is 5.56 Å². The Morgan fingerprint density at radius 3 is 2.48 bits per heavy atom. The third-order valence-electron chi connectivity index (χ3n) is 4.48. The number of carbonyl (C=O) groups excluding carboxylic acids is 1. The predicted molar refractivity (Wildman–Crippen MR) is 98.8 cm³/mol. The van der Waals surface area contributed by atoms with Gasteiger partial charge >= 0.3 is 0 Å². The number of aryl methyl sites for hydroxylation is 1. The zero-order chi connectivity index (χ0) is 17.5. The van der Waals surface area contributed by atoms with E-state index in [9.17, 15) is 4.79 Å². The van der Waals surface area contributed by atoms with Crippen molar-refractivity contribution >= 4 is 11.7 Å². The van der Waals surface area contributed by atoms with E-state index >= 15 is 0 Å². The smallest absolute Gasteiger partial charge is 0.271 e. The Bertz CT molecular complexity index is 666. The van der Waals surface area contributed by atoms with Crippen LogP contribution in [0, 0.1) is 0 Å². The van der Waals surface area contributed by atoms with E-state index in [4.69, 9.17) is 0 Å². The van der Waals surface area contributed by atoms with Gasteiger partial charge in [0.05, 0.1) is 0 Å². The number of piperazine rings is 1. The molecule has 1 amide bonds. The van der Waals surface area contributed by atoms with Crippen LogP contribution in [0.2, 0.25) is 0 Å². The highest BCUT2D eigenvalue weighted by Gasteiger charge is 2.16. The van der Waals surface area contributed by atoms with E-state index < -0.39 is 0 Å². The monoisotopic (exact) mass is 339 g/mol. The highest BCUT2D eigenvalue weighted by molar-refractivity contribution is 5.92. The van der Waals surface area contributed by atoms with Gasteiger partial charge in [-0.3, -0.25) is 4.79 Å². The molecule has 6 heteroatoms. The number of nitrogens with one attached hydrogen (secondary N) is 1. The topological polar surface area (TPSA) is 61.4 Å². The van der Waals surface area contributed by atoms with E-state index in [1.807, 2.05) is 24.3 Å². The molecule has 0 atom stereocenters. The fourth-order valence-corrected chi connectivity index (χ4v) is 2.88. The summed E-state index contributed by atoms with van der Waals surface area (Å²) < 4.78 is 0. The van der Waals surface area contributed by atoms with Gasteiger partial charge in [-0.05, 0) is 37.6 Å². The number of likely N-dealkylation sites (N-methyl/N-ethyl adjacent to an activating group) is 1. The molecule has 132 valence electrons. The lowest BCUT2D eigenvalue weighted by Crippen LogP contribution is -2.44. The van der Waals surface area contributed by atoms with Crippen LogP contribution in [0.15, 0.2) is 42.5 Å². The van der Waals surface area contributed by atoms with E-state index in [0.717, 1.165) is 44.8 Å². The third kappa shape index (κ3) is 5.00. The first-order valence-electron chi connectivity index (χ1n) is 8.82. The van der Waals surface area contributed by atoms with E-state index in [0.29, 0.717) is 12.2 Å². The summed E-state index contributed by atoms with van der Waals surface area (Å²) in [5.74, 6) is 0.680. The zero-order valence-electron chi connectivity index (χ0n) is 14.7. The van der Waals surface area contributed by atoms with Crippen molar-refractivity contribution in [3.63, 3.8) is 0 Å². The number of anilines is 1. The first-order valence-corrected chi connectivity index (χ1v) is 8.82. The van der Waals surface area contributed by atoms with Gasteiger partial charge in [-0.15, -0.1) is 10.2 Å². The van der Waals surface area contributed by atoms with Crippen molar-refractivity contribution in [3.8, 4) is 0 Å². The molecule has 2 aromatic rings. The maximum atomic E-state index is 12.2. The lowest BCUT2D eigenvalue weighted by Gasteiger charge is -2.32. The number of hydrogen-bond acceptors (Lipinski definition) is 5. The quantitative estimate of drug-likeness (QED) is 0.810. The van der Waals surface area contributed by atoms with Gasteiger partial charge < -0.3 is 15.1 Å². The number of carbonyl (C=O) groups is 1. The molecule has 0 saturated carbocycles. The number of amides is 1. The van der Waals surface area contributed by atoms with Gasteiger partial charge in [-0.1, -0.05) is 30.3 Å². The van der Waals surface area contributed by atoms with Crippen molar-refractivity contribution in [1.82, 2.24) is 20.4 Å². The van der Waals surface area contributed by atoms with Crippen LogP contribution in [0.1, 0.15) is 22.5 Å². The number of rotatable bonds is 6. The van der Waals surface area contributed by atoms with Crippen LogP contribution < -0.4 is 10.2 Å². The number of benzene rings is 1. The van der Waals surface area contributed by atoms with Gasteiger partial charge in [0.25, 0.3) is 5.91 Å². The molecule has 1 aliphatic rings. The average molecular weight is 339 g/mol. The molecule has 2 heterocycles. The van der Waals surface area contributed by atoms with Crippen LogP contribution in [0.5, 0.6) is 0 Å². The van der Waals surface area contributed by atoms with E-state index in [-0.39, 0.29) is 5.91 Å². The molecule has 1 aromatic carbocycles. The van der Waals surface area contributed by atoms with Crippen LogP contribution in [-0.2, 0) is 6.42 Å². The molecule has 0 spiro atoms. The molecule has 1 fully saturated rings. The van der Waals surface area contributed by atoms with Crippen molar-refractivity contribution in [3.05, 3.63) is 53.7 Å². The lowest BCUT2D eigenvalue weighted by atomic mass is 10.1. The van der Waals surface area contributed by atoms with Crippen LogP contribution in [0.4, 0.5) is 5.82 Å². The van der Waals surface area contributed by atoms with Crippen LogP contribution in [-0.4, -0.2) is 60.8 Å². The SMILES string of the molecule is CN1CCN(c2ccc(C(=O)NCCCc3ccccc3)nn2)CC1. The van der Waals surface area contributed by atoms with Gasteiger partial charge in [0, 0.05) is 32.7 Å².